The number of phenols is 2. The van der Waals surface area contributed by atoms with E-state index in [9.17, 15) is 10.2 Å². The predicted octanol–water partition coefficient (Wildman–Crippen LogP) is 5.51. The molecular weight excluding hydrogens is 402 g/mol. The molecule has 7 heteroatoms. The first kappa shape index (κ1) is 19.7. The van der Waals surface area contributed by atoms with Gasteiger partial charge in [-0.05, 0) is 37.6 Å². The second-order valence-corrected chi connectivity index (χ2v) is 7.86. The van der Waals surface area contributed by atoms with Crippen molar-refractivity contribution in [1.29, 1.82) is 0 Å². The number of nitrogens with zero attached hydrogens (tertiary/aromatic N) is 2. The molecule has 5 N–H and O–H groups in total. The number of hydrogen-bond donors (Lipinski definition) is 5. The number of aromatic hydroxyl groups is 2. The van der Waals surface area contributed by atoms with Crippen molar-refractivity contribution in [3.8, 4) is 33.8 Å². The van der Waals surface area contributed by atoms with Crippen molar-refractivity contribution in [1.82, 2.24) is 19.9 Å². The molecule has 0 radical (unpaired) electrons. The van der Waals surface area contributed by atoms with Gasteiger partial charge in [0.25, 0.3) is 0 Å². The summed E-state index contributed by atoms with van der Waals surface area (Å²) in [6.45, 7) is 4.12. The maximum absolute atomic E-state index is 10.4. The smallest absolute Gasteiger partial charge is 0.143 e. The highest BCUT2D eigenvalue weighted by Gasteiger charge is 2.20. The molecule has 32 heavy (non-hydrogen) atoms. The third-order valence-electron chi connectivity index (χ3n) is 5.60. The van der Waals surface area contributed by atoms with Gasteiger partial charge < -0.3 is 25.5 Å². The molecule has 0 bridgehead atoms. The van der Waals surface area contributed by atoms with E-state index in [-0.39, 0.29) is 17.5 Å². The lowest BCUT2D eigenvalue weighted by atomic mass is 10.0. The van der Waals surface area contributed by atoms with Crippen LogP contribution in [0.2, 0.25) is 0 Å². The number of anilines is 1. The Morgan fingerprint density at radius 3 is 2.53 bits per heavy atom. The van der Waals surface area contributed by atoms with Crippen LogP contribution in [-0.2, 0) is 0 Å². The van der Waals surface area contributed by atoms with Gasteiger partial charge in [0.15, 0.2) is 0 Å². The molecule has 0 aliphatic rings. The molecule has 0 saturated heterocycles. The third-order valence-corrected chi connectivity index (χ3v) is 5.60. The molecule has 0 spiro atoms. The Morgan fingerprint density at radius 2 is 1.75 bits per heavy atom. The Kier molecular flexibility index (Phi) is 4.78. The quantitative estimate of drug-likeness (QED) is 0.255. The standard InChI is InChI=1S/C25H23N5O2/c1-14-10-19(16-6-4-3-5-7-16)23(29-14)15(2)30-25-22-20(12-26-24(22)27-13-28-25)18-9-8-17(31)11-21(18)32/h3-13,15,29,31-32H,1-2H3,(H2,26,27,28,30). The maximum Gasteiger partial charge on any atom is 0.143 e. The van der Waals surface area contributed by atoms with Crippen molar-refractivity contribution in [3.63, 3.8) is 0 Å². The molecule has 0 aliphatic heterocycles. The third kappa shape index (κ3) is 3.43. The Balaban J connectivity index is 1.57. The molecule has 3 heterocycles. The van der Waals surface area contributed by atoms with Crippen LogP contribution >= 0.6 is 0 Å². The zero-order chi connectivity index (χ0) is 22.2. The van der Waals surface area contributed by atoms with Gasteiger partial charge in [0.05, 0.1) is 11.4 Å². The number of rotatable bonds is 5. The lowest BCUT2D eigenvalue weighted by molar-refractivity contribution is 0.452. The number of H-pyrrole nitrogens is 2. The highest BCUT2D eigenvalue weighted by molar-refractivity contribution is 6.02. The van der Waals surface area contributed by atoms with Crippen molar-refractivity contribution in [2.75, 3.05) is 5.32 Å². The van der Waals surface area contributed by atoms with Crippen molar-refractivity contribution in [3.05, 3.63) is 78.5 Å². The van der Waals surface area contributed by atoms with Crippen LogP contribution in [0.1, 0.15) is 24.4 Å². The fraction of sp³-hybridized carbons (Fsp3) is 0.120. The van der Waals surface area contributed by atoms with Gasteiger partial charge in [-0.25, -0.2) is 9.97 Å². The number of phenolic OH excluding ortho intramolecular Hbond substituents is 2. The minimum absolute atomic E-state index is 0.00451. The van der Waals surface area contributed by atoms with Crippen LogP contribution in [0.3, 0.4) is 0 Å². The number of aromatic amines is 2. The van der Waals surface area contributed by atoms with E-state index < -0.39 is 0 Å². The number of hydrogen-bond acceptors (Lipinski definition) is 5. The van der Waals surface area contributed by atoms with E-state index in [0.717, 1.165) is 33.5 Å². The van der Waals surface area contributed by atoms with Gasteiger partial charge in [-0.15, -0.1) is 0 Å². The molecule has 0 fully saturated rings. The first-order valence-electron chi connectivity index (χ1n) is 10.4. The summed E-state index contributed by atoms with van der Waals surface area (Å²) in [5, 5.41) is 24.3. The first-order chi connectivity index (χ1) is 15.5. The SMILES string of the molecule is Cc1cc(-c2ccccc2)c(C(C)Nc2ncnc3[nH]cc(-c4ccc(O)cc4O)c23)[nH]1. The average Bonchev–Trinajstić information content (AvgIpc) is 3.39. The molecule has 5 aromatic rings. The molecule has 3 aromatic heterocycles. The number of fused-ring (bicyclic) bond motifs is 1. The van der Waals surface area contributed by atoms with Gasteiger partial charge in [-0.1, -0.05) is 30.3 Å². The second kappa shape index (κ2) is 7.77. The summed E-state index contributed by atoms with van der Waals surface area (Å²) in [4.78, 5) is 15.5. The first-order valence-corrected chi connectivity index (χ1v) is 10.4. The number of nitrogens with one attached hydrogen (secondary N) is 3. The van der Waals surface area contributed by atoms with Gasteiger partial charge in [-0.2, -0.15) is 0 Å². The monoisotopic (exact) mass is 425 g/mol. The number of aryl methyl sites for hydroxylation is 1. The molecule has 160 valence electrons. The van der Waals surface area contributed by atoms with Crippen LogP contribution in [0.4, 0.5) is 5.82 Å². The molecule has 7 nitrogen and oxygen atoms in total. The van der Waals surface area contributed by atoms with Crippen molar-refractivity contribution >= 4 is 16.9 Å². The van der Waals surface area contributed by atoms with Crippen LogP contribution in [0, 0.1) is 6.92 Å². The normalized spacial score (nSPS) is 12.2. The Bertz CT molecular complexity index is 1400. The maximum atomic E-state index is 10.4. The number of aromatic nitrogens is 4. The van der Waals surface area contributed by atoms with Crippen molar-refractivity contribution in [2.24, 2.45) is 0 Å². The lowest BCUT2D eigenvalue weighted by Crippen LogP contribution is -2.10. The van der Waals surface area contributed by atoms with Crippen molar-refractivity contribution < 1.29 is 10.2 Å². The summed E-state index contributed by atoms with van der Waals surface area (Å²) in [6, 6.07) is 16.9. The highest BCUT2D eigenvalue weighted by atomic mass is 16.3. The van der Waals surface area contributed by atoms with Crippen molar-refractivity contribution in [2.45, 2.75) is 19.9 Å². The fourth-order valence-electron chi connectivity index (χ4n) is 4.12. The Morgan fingerprint density at radius 1 is 0.938 bits per heavy atom. The van der Waals surface area contributed by atoms with E-state index in [1.165, 1.54) is 12.4 Å². The van der Waals surface area contributed by atoms with Gasteiger partial charge in [0.1, 0.15) is 29.3 Å². The van der Waals surface area contributed by atoms with Crippen LogP contribution in [0.25, 0.3) is 33.3 Å². The molecule has 0 aliphatic carbocycles. The summed E-state index contributed by atoms with van der Waals surface area (Å²) in [5.41, 5.74) is 6.41. The topological polar surface area (TPSA) is 110 Å². The summed E-state index contributed by atoms with van der Waals surface area (Å²) in [6.07, 6.45) is 3.29. The molecular formula is C25H23N5O2. The minimum Gasteiger partial charge on any atom is -0.508 e. The largest absolute Gasteiger partial charge is 0.508 e. The zero-order valence-corrected chi connectivity index (χ0v) is 17.7. The van der Waals surface area contributed by atoms with Gasteiger partial charge in [0.2, 0.25) is 0 Å². The Hall–Kier alpha value is -4.26. The fourth-order valence-corrected chi connectivity index (χ4v) is 4.12. The molecule has 5 rings (SSSR count). The van der Waals surface area contributed by atoms with E-state index >= 15 is 0 Å². The average molecular weight is 425 g/mol. The molecule has 1 unspecified atom stereocenters. The van der Waals surface area contributed by atoms with Crippen LogP contribution in [0.15, 0.2) is 67.1 Å². The predicted molar refractivity (Wildman–Crippen MR) is 126 cm³/mol. The summed E-state index contributed by atoms with van der Waals surface area (Å²) >= 11 is 0. The molecule has 1 atom stereocenters. The second-order valence-electron chi connectivity index (χ2n) is 7.86. The van der Waals surface area contributed by atoms with E-state index in [1.54, 1.807) is 18.3 Å². The lowest BCUT2D eigenvalue weighted by Gasteiger charge is -2.17. The number of benzene rings is 2. The molecule has 0 amide bonds. The molecule has 0 saturated carbocycles. The van der Waals surface area contributed by atoms with Gasteiger partial charge in [-0.3, -0.25) is 0 Å². The van der Waals surface area contributed by atoms with E-state index in [4.69, 9.17) is 0 Å². The van der Waals surface area contributed by atoms with Gasteiger partial charge in [0, 0.05) is 40.3 Å². The highest BCUT2D eigenvalue weighted by Crippen LogP contribution is 2.39. The summed E-state index contributed by atoms with van der Waals surface area (Å²) < 4.78 is 0. The van der Waals surface area contributed by atoms with Gasteiger partial charge >= 0.3 is 0 Å². The van der Waals surface area contributed by atoms with E-state index in [1.807, 2.05) is 25.1 Å². The van der Waals surface area contributed by atoms with E-state index in [0.29, 0.717) is 17.0 Å². The van der Waals surface area contributed by atoms with Crippen LogP contribution < -0.4 is 5.32 Å². The Labute approximate surface area is 184 Å². The zero-order valence-electron chi connectivity index (χ0n) is 17.7. The molecule has 2 aromatic carbocycles. The summed E-state index contributed by atoms with van der Waals surface area (Å²) in [7, 11) is 0. The van der Waals surface area contributed by atoms with E-state index in [2.05, 4.69) is 50.4 Å². The minimum atomic E-state index is -0.0758. The summed E-state index contributed by atoms with van der Waals surface area (Å²) in [5.74, 6) is 0.641. The van der Waals surface area contributed by atoms with Crippen LogP contribution in [-0.4, -0.2) is 30.1 Å². The van der Waals surface area contributed by atoms with Crippen LogP contribution in [0.5, 0.6) is 11.5 Å².